The van der Waals surface area contributed by atoms with Crippen molar-refractivity contribution < 1.29 is 4.74 Å². The maximum atomic E-state index is 6.06. The van der Waals surface area contributed by atoms with E-state index < -0.39 is 0 Å². The predicted molar refractivity (Wildman–Crippen MR) is 85.9 cm³/mol. The zero-order chi connectivity index (χ0) is 13.8. The first kappa shape index (κ1) is 14.4. The molecule has 0 spiro atoms. The van der Waals surface area contributed by atoms with E-state index in [9.17, 15) is 0 Å². The summed E-state index contributed by atoms with van der Waals surface area (Å²) in [5, 5.41) is 1.08. The van der Waals surface area contributed by atoms with Gasteiger partial charge in [-0.2, -0.15) is 0 Å². The number of ether oxygens (including phenoxy) is 1. The van der Waals surface area contributed by atoms with Crippen molar-refractivity contribution in [3.63, 3.8) is 0 Å². The lowest BCUT2D eigenvalue weighted by molar-refractivity contribution is 0.152. The molecule has 0 saturated carbocycles. The van der Waals surface area contributed by atoms with Crippen molar-refractivity contribution in [3.8, 4) is 5.75 Å². The number of nitrogens with zero attached hydrogens (tertiary/aromatic N) is 2. The maximum absolute atomic E-state index is 6.06. The summed E-state index contributed by atoms with van der Waals surface area (Å²) < 4.78 is 6.06. The van der Waals surface area contributed by atoms with E-state index in [1.54, 1.807) is 0 Å². The summed E-state index contributed by atoms with van der Waals surface area (Å²) in [7, 11) is 0. The molecule has 1 atom stereocenters. The molecule has 1 saturated heterocycles. The topological polar surface area (TPSA) is 15.7 Å². The second-order valence-corrected chi connectivity index (χ2v) is 6.53. The predicted octanol–water partition coefficient (Wildman–Crippen LogP) is 2.39. The molecule has 2 aliphatic heterocycles. The number of benzene rings is 1. The Morgan fingerprint density at radius 3 is 2.75 bits per heavy atom. The van der Waals surface area contributed by atoms with Crippen molar-refractivity contribution in [3.05, 3.63) is 29.8 Å². The minimum Gasteiger partial charge on any atom is -0.488 e. The third kappa shape index (κ3) is 3.54. The zero-order valence-electron chi connectivity index (χ0n) is 11.9. The Kier molecular flexibility index (Phi) is 4.97. The van der Waals surface area contributed by atoms with E-state index in [2.05, 4.69) is 50.0 Å². The normalized spacial score (nSPS) is 24.1. The first-order chi connectivity index (χ1) is 9.85. The van der Waals surface area contributed by atoms with Crippen LogP contribution >= 0.6 is 15.9 Å². The number of hydrogen-bond acceptors (Lipinski definition) is 3. The third-order valence-electron chi connectivity index (χ3n) is 4.26. The summed E-state index contributed by atoms with van der Waals surface area (Å²) in [5.74, 6) is 1.09. The monoisotopic (exact) mass is 338 g/mol. The Morgan fingerprint density at radius 2 is 1.90 bits per heavy atom. The van der Waals surface area contributed by atoms with Gasteiger partial charge >= 0.3 is 0 Å². The molecule has 1 fully saturated rings. The van der Waals surface area contributed by atoms with E-state index in [0.717, 1.165) is 24.0 Å². The lowest BCUT2D eigenvalue weighted by Crippen LogP contribution is -2.37. The fraction of sp³-hybridized carbons (Fsp3) is 0.625. The molecule has 2 heterocycles. The maximum Gasteiger partial charge on any atom is 0.123 e. The van der Waals surface area contributed by atoms with Crippen LogP contribution in [-0.4, -0.2) is 60.5 Å². The molecule has 20 heavy (non-hydrogen) atoms. The molecule has 0 N–H and O–H groups in total. The largest absolute Gasteiger partial charge is 0.488 e. The van der Waals surface area contributed by atoms with Crippen molar-refractivity contribution in [2.45, 2.75) is 18.9 Å². The Labute approximate surface area is 130 Å². The molecule has 0 aliphatic carbocycles. The van der Waals surface area contributed by atoms with Gasteiger partial charge in [0.15, 0.2) is 0 Å². The van der Waals surface area contributed by atoms with Gasteiger partial charge < -0.3 is 9.64 Å². The van der Waals surface area contributed by atoms with Crippen LogP contribution in [0.25, 0.3) is 0 Å². The highest BCUT2D eigenvalue weighted by Gasteiger charge is 2.25. The highest BCUT2D eigenvalue weighted by molar-refractivity contribution is 9.09. The summed E-state index contributed by atoms with van der Waals surface area (Å²) >= 11 is 3.54. The van der Waals surface area contributed by atoms with E-state index in [4.69, 9.17) is 4.74 Å². The fourth-order valence-electron chi connectivity index (χ4n) is 3.19. The number of halogens is 1. The molecule has 1 aromatic carbocycles. The molecular weight excluding hydrogens is 316 g/mol. The van der Waals surface area contributed by atoms with Gasteiger partial charge in [-0.25, -0.2) is 0 Å². The second-order valence-electron chi connectivity index (χ2n) is 5.74. The van der Waals surface area contributed by atoms with Gasteiger partial charge in [0.1, 0.15) is 11.9 Å². The van der Waals surface area contributed by atoms with Gasteiger partial charge in [-0.1, -0.05) is 34.1 Å². The fourth-order valence-corrected chi connectivity index (χ4v) is 3.70. The van der Waals surface area contributed by atoms with Crippen LogP contribution in [0, 0.1) is 0 Å². The van der Waals surface area contributed by atoms with E-state index in [0.29, 0.717) is 6.10 Å². The van der Waals surface area contributed by atoms with E-state index in [-0.39, 0.29) is 0 Å². The van der Waals surface area contributed by atoms with Crippen LogP contribution in [-0.2, 0) is 6.42 Å². The molecule has 4 heteroatoms. The van der Waals surface area contributed by atoms with Crippen molar-refractivity contribution in [2.75, 3.05) is 44.6 Å². The Morgan fingerprint density at radius 1 is 1.10 bits per heavy atom. The molecule has 0 amide bonds. The standard InChI is InChI=1S/C16H23BrN2O/c17-6-9-18-7-3-8-19(11-10-18)13-15-12-14-4-1-2-5-16(14)20-15/h1-2,4-5,15H,3,6-13H2. The summed E-state index contributed by atoms with van der Waals surface area (Å²) in [6, 6.07) is 8.45. The quantitative estimate of drug-likeness (QED) is 0.784. The van der Waals surface area contributed by atoms with Gasteiger partial charge in [-0.05, 0) is 31.1 Å². The van der Waals surface area contributed by atoms with E-state index in [1.165, 1.54) is 44.7 Å². The van der Waals surface area contributed by atoms with Crippen LogP contribution < -0.4 is 4.74 Å². The van der Waals surface area contributed by atoms with Crippen LogP contribution in [0.5, 0.6) is 5.75 Å². The van der Waals surface area contributed by atoms with Gasteiger partial charge in [0.25, 0.3) is 0 Å². The molecule has 3 rings (SSSR count). The molecule has 0 radical (unpaired) electrons. The first-order valence-electron chi connectivity index (χ1n) is 7.60. The molecule has 1 aromatic rings. The van der Waals surface area contributed by atoms with Crippen LogP contribution in [0.1, 0.15) is 12.0 Å². The lowest BCUT2D eigenvalue weighted by atomic mass is 10.1. The van der Waals surface area contributed by atoms with Gasteiger partial charge in [0, 0.05) is 37.9 Å². The molecule has 3 nitrogen and oxygen atoms in total. The SMILES string of the molecule is BrCCN1CCCN(CC2Cc3ccccc3O2)CC1. The lowest BCUT2D eigenvalue weighted by Gasteiger charge is -2.24. The number of alkyl halides is 1. The molecule has 0 bridgehead atoms. The molecule has 2 aliphatic rings. The Balaban J connectivity index is 1.50. The number of hydrogen-bond donors (Lipinski definition) is 0. The highest BCUT2D eigenvalue weighted by Crippen LogP contribution is 2.28. The van der Waals surface area contributed by atoms with Crippen molar-refractivity contribution in [1.29, 1.82) is 0 Å². The number of fused-ring (bicyclic) bond motifs is 1. The summed E-state index contributed by atoms with van der Waals surface area (Å²) in [6.07, 6.45) is 2.68. The van der Waals surface area contributed by atoms with Crippen LogP contribution in [0.3, 0.4) is 0 Å². The van der Waals surface area contributed by atoms with Crippen LogP contribution in [0.4, 0.5) is 0 Å². The first-order valence-corrected chi connectivity index (χ1v) is 8.72. The van der Waals surface area contributed by atoms with Gasteiger partial charge in [-0.15, -0.1) is 0 Å². The summed E-state index contributed by atoms with van der Waals surface area (Å²) in [5.41, 5.74) is 1.37. The Hall–Kier alpha value is -0.580. The van der Waals surface area contributed by atoms with E-state index in [1.807, 2.05) is 0 Å². The smallest absolute Gasteiger partial charge is 0.123 e. The average Bonchev–Trinajstić information content (AvgIpc) is 2.73. The molecule has 1 unspecified atom stereocenters. The van der Waals surface area contributed by atoms with Crippen LogP contribution in [0.2, 0.25) is 0 Å². The highest BCUT2D eigenvalue weighted by atomic mass is 79.9. The number of rotatable bonds is 4. The number of para-hydroxylation sites is 1. The zero-order valence-corrected chi connectivity index (χ0v) is 13.5. The minimum atomic E-state index is 0.343. The molecular formula is C16H23BrN2O. The van der Waals surface area contributed by atoms with Crippen LogP contribution in [0.15, 0.2) is 24.3 Å². The van der Waals surface area contributed by atoms with E-state index >= 15 is 0 Å². The summed E-state index contributed by atoms with van der Waals surface area (Å²) in [4.78, 5) is 5.13. The van der Waals surface area contributed by atoms with Crippen molar-refractivity contribution in [1.82, 2.24) is 9.80 Å². The Bertz CT molecular complexity index is 415. The summed E-state index contributed by atoms with van der Waals surface area (Å²) in [6.45, 7) is 7.02. The van der Waals surface area contributed by atoms with Gasteiger partial charge in [0.05, 0.1) is 0 Å². The van der Waals surface area contributed by atoms with Gasteiger partial charge in [0.2, 0.25) is 0 Å². The molecule has 110 valence electrons. The third-order valence-corrected chi connectivity index (χ3v) is 4.61. The van der Waals surface area contributed by atoms with Crippen molar-refractivity contribution in [2.24, 2.45) is 0 Å². The average molecular weight is 339 g/mol. The minimum absolute atomic E-state index is 0.343. The van der Waals surface area contributed by atoms with Crippen molar-refractivity contribution >= 4 is 15.9 Å². The second kappa shape index (κ2) is 6.92. The molecule has 0 aromatic heterocycles. The van der Waals surface area contributed by atoms with Gasteiger partial charge in [-0.3, -0.25) is 4.90 Å².